The molecule has 0 aliphatic heterocycles. The van der Waals surface area contributed by atoms with Crippen LogP contribution < -0.4 is 5.32 Å². The third kappa shape index (κ3) is 2.99. The van der Waals surface area contributed by atoms with E-state index in [0.29, 0.717) is 10.6 Å². The summed E-state index contributed by atoms with van der Waals surface area (Å²) in [4.78, 5) is 23.8. The van der Waals surface area contributed by atoms with Gasteiger partial charge >= 0.3 is 5.97 Å². The number of furan rings is 1. The predicted octanol–water partition coefficient (Wildman–Crippen LogP) is 3.10. The van der Waals surface area contributed by atoms with E-state index in [9.17, 15) is 9.59 Å². The van der Waals surface area contributed by atoms with Gasteiger partial charge in [-0.1, -0.05) is 0 Å². The number of ether oxygens (including phenoxy) is 1. The minimum atomic E-state index is -0.418. The van der Waals surface area contributed by atoms with Crippen LogP contribution in [0.15, 0.2) is 33.1 Å². The SMILES string of the molecule is COC(=O)c1cc(NC(=O)c2ccco2)c(SC)s1. The molecule has 0 fully saturated rings. The number of rotatable bonds is 4. The molecule has 2 rings (SSSR count). The Morgan fingerprint density at radius 3 is 2.84 bits per heavy atom. The van der Waals surface area contributed by atoms with E-state index in [2.05, 4.69) is 10.1 Å². The lowest BCUT2D eigenvalue weighted by Crippen LogP contribution is -2.10. The van der Waals surface area contributed by atoms with E-state index in [1.54, 1.807) is 18.2 Å². The summed E-state index contributed by atoms with van der Waals surface area (Å²) < 4.78 is 10.5. The topological polar surface area (TPSA) is 68.5 Å². The molecule has 5 nitrogen and oxygen atoms in total. The highest BCUT2D eigenvalue weighted by atomic mass is 32.2. The summed E-state index contributed by atoms with van der Waals surface area (Å²) in [6.45, 7) is 0. The van der Waals surface area contributed by atoms with E-state index >= 15 is 0 Å². The number of carbonyl (C=O) groups excluding carboxylic acids is 2. The lowest BCUT2D eigenvalue weighted by molar-refractivity contribution is 0.0606. The molecule has 19 heavy (non-hydrogen) atoms. The Bertz CT molecular complexity index is 589. The van der Waals surface area contributed by atoms with Gasteiger partial charge in [-0.05, 0) is 24.5 Å². The average molecular weight is 297 g/mol. The maximum atomic E-state index is 11.9. The highest BCUT2D eigenvalue weighted by Crippen LogP contribution is 2.35. The summed E-state index contributed by atoms with van der Waals surface area (Å²) in [5, 5.41) is 2.71. The molecule has 0 atom stereocenters. The van der Waals surface area contributed by atoms with Gasteiger partial charge < -0.3 is 14.5 Å². The van der Waals surface area contributed by atoms with Gasteiger partial charge in [-0.2, -0.15) is 0 Å². The smallest absolute Gasteiger partial charge is 0.348 e. The van der Waals surface area contributed by atoms with Crippen molar-refractivity contribution in [1.29, 1.82) is 0 Å². The van der Waals surface area contributed by atoms with Crippen molar-refractivity contribution < 1.29 is 18.7 Å². The Kier molecular flexibility index (Phi) is 4.28. The summed E-state index contributed by atoms with van der Waals surface area (Å²) in [5.41, 5.74) is 0.583. The summed E-state index contributed by atoms with van der Waals surface area (Å²) in [5.74, 6) is -0.550. The maximum Gasteiger partial charge on any atom is 0.348 e. The maximum absolute atomic E-state index is 11.9. The second-order valence-electron chi connectivity index (χ2n) is 3.44. The second kappa shape index (κ2) is 5.94. The molecular weight excluding hydrogens is 286 g/mol. The predicted molar refractivity (Wildman–Crippen MR) is 74.1 cm³/mol. The van der Waals surface area contributed by atoms with E-state index in [1.807, 2.05) is 6.26 Å². The first-order valence-corrected chi connectivity index (χ1v) is 7.31. The number of anilines is 1. The number of esters is 1. The van der Waals surface area contributed by atoms with E-state index < -0.39 is 5.97 Å². The van der Waals surface area contributed by atoms with Crippen molar-refractivity contribution in [3.63, 3.8) is 0 Å². The number of nitrogens with one attached hydrogen (secondary N) is 1. The van der Waals surface area contributed by atoms with Gasteiger partial charge in [0.25, 0.3) is 5.91 Å². The van der Waals surface area contributed by atoms with Crippen LogP contribution in [0.2, 0.25) is 0 Å². The molecule has 2 heterocycles. The molecule has 0 aromatic carbocycles. The van der Waals surface area contributed by atoms with E-state index in [0.717, 1.165) is 4.21 Å². The molecule has 2 aromatic rings. The van der Waals surface area contributed by atoms with Crippen LogP contribution in [0.1, 0.15) is 20.2 Å². The van der Waals surface area contributed by atoms with Gasteiger partial charge in [-0.3, -0.25) is 4.79 Å². The minimum Gasteiger partial charge on any atom is -0.465 e. The first-order chi connectivity index (χ1) is 9.15. The Hall–Kier alpha value is -1.73. The van der Waals surface area contributed by atoms with Gasteiger partial charge in [-0.15, -0.1) is 23.1 Å². The number of hydrogen-bond donors (Lipinski definition) is 1. The second-order valence-corrected chi connectivity index (χ2v) is 5.57. The lowest BCUT2D eigenvalue weighted by atomic mass is 10.4. The summed E-state index contributed by atoms with van der Waals surface area (Å²) >= 11 is 2.72. The molecule has 7 heteroatoms. The molecule has 2 aromatic heterocycles. The molecule has 0 saturated carbocycles. The van der Waals surface area contributed by atoms with Crippen LogP contribution in [0, 0.1) is 0 Å². The van der Waals surface area contributed by atoms with Crippen molar-refractivity contribution in [3.05, 3.63) is 35.1 Å². The van der Waals surface area contributed by atoms with Gasteiger partial charge in [0.15, 0.2) is 5.76 Å². The Morgan fingerprint density at radius 2 is 2.26 bits per heavy atom. The number of methoxy groups -OCH3 is 1. The van der Waals surface area contributed by atoms with Crippen molar-refractivity contribution >= 4 is 40.7 Å². The van der Waals surface area contributed by atoms with Crippen molar-refractivity contribution in [1.82, 2.24) is 0 Å². The van der Waals surface area contributed by atoms with Gasteiger partial charge in [0.1, 0.15) is 4.88 Å². The third-order valence-electron chi connectivity index (χ3n) is 2.26. The van der Waals surface area contributed by atoms with Crippen LogP contribution >= 0.6 is 23.1 Å². The first kappa shape index (κ1) is 13.7. The summed E-state index contributed by atoms with van der Waals surface area (Å²) in [6.07, 6.45) is 3.30. The number of carbonyl (C=O) groups is 2. The van der Waals surface area contributed by atoms with Crippen molar-refractivity contribution in [2.24, 2.45) is 0 Å². The number of hydrogen-bond acceptors (Lipinski definition) is 6. The average Bonchev–Trinajstić information content (AvgIpc) is 3.06. The minimum absolute atomic E-state index is 0.220. The van der Waals surface area contributed by atoms with Crippen LogP contribution in [0.5, 0.6) is 0 Å². The fourth-order valence-corrected chi connectivity index (χ4v) is 3.10. The van der Waals surface area contributed by atoms with Crippen molar-refractivity contribution in [3.8, 4) is 0 Å². The Morgan fingerprint density at radius 1 is 1.47 bits per heavy atom. The largest absolute Gasteiger partial charge is 0.465 e. The zero-order valence-corrected chi connectivity index (χ0v) is 11.9. The zero-order chi connectivity index (χ0) is 13.8. The molecule has 100 valence electrons. The molecule has 0 aliphatic rings. The van der Waals surface area contributed by atoms with Crippen LogP contribution in [-0.4, -0.2) is 25.2 Å². The van der Waals surface area contributed by atoms with Crippen molar-refractivity contribution in [2.75, 3.05) is 18.7 Å². The fraction of sp³-hybridized carbons (Fsp3) is 0.167. The molecule has 0 unspecified atom stereocenters. The number of thioether (sulfide) groups is 1. The molecule has 1 N–H and O–H groups in total. The molecule has 0 aliphatic carbocycles. The highest BCUT2D eigenvalue weighted by Gasteiger charge is 2.17. The quantitative estimate of drug-likeness (QED) is 0.693. The normalized spacial score (nSPS) is 10.2. The van der Waals surface area contributed by atoms with Gasteiger partial charge in [0.05, 0.1) is 23.3 Å². The fourth-order valence-electron chi connectivity index (χ4n) is 1.41. The molecular formula is C12H11NO4S2. The van der Waals surface area contributed by atoms with Crippen LogP contribution in [0.3, 0.4) is 0 Å². The lowest BCUT2D eigenvalue weighted by Gasteiger charge is -2.02. The summed E-state index contributed by atoms with van der Waals surface area (Å²) in [6, 6.07) is 4.81. The highest BCUT2D eigenvalue weighted by molar-refractivity contribution is 8.00. The van der Waals surface area contributed by atoms with Crippen LogP contribution in [0.4, 0.5) is 5.69 Å². The number of amides is 1. The molecule has 0 spiro atoms. The monoisotopic (exact) mass is 297 g/mol. The third-order valence-corrected chi connectivity index (χ3v) is 4.51. The van der Waals surface area contributed by atoms with Crippen LogP contribution in [-0.2, 0) is 4.74 Å². The van der Waals surface area contributed by atoms with Gasteiger partial charge in [0, 0.05) is 0 Å². The number of thiophene rings is 1. The Balaban J connectivity index is 2.22. The van der Waals surface area contributed by atoms with Crippen LogP contribution in [0.25, 0.3) is 0 Å². The molecule has 0 radical (unpaired) electrons. The molecule has 0 saturated heterocycles. The van der Waals surface area contributed by atoms with E-state index in [-0.39, 0.29) is 11.7 Å². The van der Waals surface area contributed by atoms with E-state index in [4.69, 9.17) is 4.42 Å². The molecule has 1 amide bonds. The first-order valence-electron chi connectivity index (χ1n) is 5.26. The van der Waals surface area contributed by atoms with Crippen molar-refractivity contribution in [2.45, 2.75) is 4.21 Å². The zero-order valence-electron chi connectivity index (χ0n) is 10.3. The molecule has 0 bridgehead atoms. The van der Waals surface area contributed by atoms with Gasteiger partial charge in [0.2, 0.25) is 0 Å². The van der Waals surface area contributed by atoms with Gasteiger partial charge in [-0.25, -0.2) is 4.79 Å². The summed E-state index contributed by atoms with van der Waals surface area (Å²) in [7, 11) is 1.32. The van der Waals surface area contributed by atoms with E-state index in [1.165, 1.54) is 36.5 Å². The Labute approximate surface area is 117 Å². The standard InChI is InChI=1S/C12H11NO4S2/c1-16-11(15)9-6-7(12(18-2)19-9)13-10(14)8-4-3-5-17-8/h3-6H,1-2H3,(H,13,14).